The standard InChI is InChI=1S/C15H18N2/c1-10-3-4-11(2)14(9-10)15(17)12-5-7-13(16)8-6-12/h3-9,15H,16-17H2,1-2H3. The summed E-state index contributed by atoms with van der Waals surface area (Å²) in [6.45, 7) is 4.17. The largest absolute Gasteiger partial charge is 0.399 e. The molecule has 2 aromatic rings. The van der Waals surface area contributed by atoms with Crippen LogP contribution in [0.1, 0.15) is 28.3 Å². The smallest absolute Gasteiger partial charge is 0.0554 e. The Morgan fingerprint density at radius 3 is 2.24 bits per heavy atom. The third kappa shape index (κ3) is 2.48. The van der Waals surface area contributed by atoms with Crippen LogP contribution in [0.2, 0.25) is 0 Å². The number of anilines is 1. The molecule has 0 saturated carbocycles. The van der Waals surface area contributed by atoms with Gasteiger partial charge in [-0.2, -0.15) is 0 Å². The summed E-state index contributed by atoms with van der Waals surface area (Å²) in [4.78, 5) is 0. The van der Waals surface area contributed by atoms with Crippen molar-refractivity contribution in [3.8, 4) is 0 Å². The van der Waals surface area contributed by atoms with Gasteiger partial charge in [-0.25, -0.2) is 0 Å². The van der Waals surface area contributed by atoms with Gasteiger partial charge in [0.2, 0.25) is 0 Å². The fraction of sp³-hybridized carbons (Fsp3) is 0.200. The Balaban J connectivity index is 2.39. The van der Waals surface area contributed by atoms with E-state index in [-0.39, 0.29) is 6.04 Å². The highest BCUT2D eigenvalue weighted by molar-refractivity contribution is 5.44. The summed E-state index contributed by atoms with van der Waals surface area (Å²) >= 11 is 0. The van der Waals surface area contributed by atoms with E-state index in [1.807, 2.05) is 24.3 Å². The molecule has 0 spiro atoms. The molecule has 4 N–H and O–H groups in total. The average Bonchev–Trinajstić information content (AvgIpc) is 2.32. The molecule has 88 valence electrons. The molecule has 17 heavy (non-hydrogen) atoms. The molecular weight excluding hydrogens is 208 g/mol. The van der Waals surface area contributed by atoms with E-state index >= 15 is 0 Å². The highest BCUT2D eigenvalue weighted by atomic mass is 14.6. The Bertz CT molecular complexity index is 515. The van der Waals surface area contributed by atoms with E-state index < -0.39 is 0 Å². The molecule has 2 rings (SSSR count). The third-order valence-corrected chi connectivity index (χ3v) is 3.07. The number of aryl methyl sites for hydroxylation is 2. The average molecular weight is 226 g/mol. The van der Waals surface area contributed by atoms with Gasteiger partial charge < -0.3 is 11.5 Å². The van der Waals surface area contributed by atoms with Gasteiger partial charge in [0, 0.05) is 5.69 Å². The molecule has 0 aliphatic heterocycles. The van der Waals surface area contributed by atoms with Gasteiger partial charge in [-0.1, -0.05) is 35.9 Å². The molecule has 0 aromatic heterocycles. The van der Waals surface area contributed by atoms with Crippen LogP contribution >= 0.6 is 0 Å². The molecule has 1 unspecified atom stereocenters. The molecule has 0 heterocycles. The lowest BCUT2D eigenvalue weighted by Gasteiger charge is -2.16. The number of nitrogen functional groups attached to an aromatic ring is 1. The minimum absolute atomic E-state index is 0.0875. The van der Waals surface area contributed by atoms with Gasteiger partial charge in [0.1, 0.15) is 0 Å². The van der Waals surface area contributed by atoms with E-state index in [1.165, 1.54) is 16.7 Å². The van der Waals surface area contributed by atoms with Crippen LogP contribution < -0.4 is 11.5 Å². The van der Waals surface area contributed by atoms with E-state index in [0.717, 1.165) is 11.3 Å². The minimum Gasteiger partial charge on any atom is -0.399 e. The van der Waals surface area contributed by atoms with Crippen molar-refractivity contribution in [2.75, 3.05) is 5.73 Å². The second-order valence-electron chi connectivity index (χ2n) is 4.50. The van der Waals surface area contributed by atoms with Crippen molar-refractivity contribution in [1.29, 1.82) is 0 Å². The summed E-state index contributed by atoms with van der Waals surface area (Å²) in [6, 6.07) is 14.0. The number of rotatable bonds is 2. The Morgan fingerprint density at radius 1 is 0.941 bits per heavy atom. The first-order valence-corrected chi connectivity index (χ1v) is 5.76. The molecule has 0 aliphatic rings. The zero-order valence-electron chi connectivity index (χ0n) is 10.3. The molecule has 0 aliphatic carbocycles. The molecule has 0 fully saturated rings. The van der Waals surface area contributed by atoms with Crippen molar-refractivity contribution < 1.29 is 0 Å². The second kappa shape index (κ2) is 4.60. The van der Waals surface area contributed by atoms with E-state index in [4.69, 9.17) is 11.5 Å². The molecule has 0 saturated heterocycles. The first kappa shape index (κ1) is 11.7. The molecular formula is C15H18N2. The summed E-state index contributed by atoms with van der Waals surface area (Å²) in [5, 5.41) is 0. The quantitative estimate of drug-likeness (QED) is 0.773. The van der Waals surface area contributed by atoms with Crippen LogP contribution in [0.3, 0.4) is 0 Å². The van der Waals surface area contributed by atoms with Crippen LogP contribution in [0, 0.1) is 13.8 Å². The van der Waals surface area contributed by atoms with Gasteiger partial charge in [-0.05, 0) is 42.7 Å². The van der Waals surface area contributed by atoms with Crippen molar-refractivity contribution in [2.24, 2.45) is 5.73 Å². The monoisotopic (exact) mass is 226 g/mol. The number of hydrogen-bond donors (Lipinski definition) is 2. The maximum Gasteiger partial charge on any atom is 0.0554 e. The van der Waals surface area contributed by atoms with Gasteiger partial charge in [-0.3, -0.25) is 0 Å². The lowest BCUT2D eigenvalue weighted by molar-refractivity contribution is 0.860. The molecule has 0 amide bonds. The van der Waals surface area contributed by atoms with Crippen molar-refractivity contribution >= 4 is 5.69 Å². The lowest BCUT2D eigenvalue weighted by atomic mass is 9.94. The van der Waals surface area contributed by atoms with Crippen molar-refractivity contribution in [3.05, 3.63) is 64.7 Å². The van der Waals surface area contributed by atoms with E-state index in [0.29, 0.717) is 0 Å². The second-order valence-corrected chi connectivity index (χ2v) is 4.50. The first-order chi connectivity index (χ1) is 8.08. The number of hydrogen-bond acceptors (Lipinski definition) is 2. The Morgan fingerprint density at radius 2 is 1.59 bits per heavy atom. The van der Waals surface area contributed by atoms with Crippen LogP contribution in [-0.2, 0) is 0 Å². The van der Waals surface area contributed by atoms with E-state index in [1.54, 1.807) is 0 Å². The number of nitrogens with two attached hydrogens (primary N) is 2. The fourth-order valence-electron chi connectivity index (χ4n) is 1.98. The topological polar surface area (TPSA) is 52.0 Å². The predicted molar refractivity (Wildman–Crippen MR) is 72.8 cm³/mol. The fourth-order valence-corrected chi connectivity index (χ4v) is 1.98. The third-order valence-electron chi connectivity index (χ3n) is 3.07. The Kier molecular flexibility index (Phi) is 3.16. The SMILES string of the molecule is Cc1ccc(C)c(C(N)c2ccc(N)cc2)c1. The Hall–Kier alpha value is -1.80. The predicted octanol–water partition coefficient (Wildman–Crippen LogP) is 2.93. The van der Waals surface area contributed by atoms with E-state index in [2.05, 4.69) is 32.0 Å². The van der Waals surface area contributed by atoms with Gasteiger partial charge >= 0.3 is 0 Å². The molecule has 0 bridgehead atoms. The van der Waals surface area contributed by atoms with Gasteiger partial charge in [0.05, 0.1) is 6.04 Å². The van der Waals surface area contributed by atoms with Gasteiger partial charge in [-0.15, -0.1) is 0 Å². The van der Waals surface area contributed by atoms with E-state index in [9.17, 15) is 0 Å². The van der Waals surface area contributed by atoms with Crippen molar-refractivity contribution in [1.82, 2.24) is 0 Å². The van der Waals surface area contributed by atoms with Crippen LogP contribution in [0.25, 0.3) is 0 Å². The zero-order chi connectivity index (χ0) is 12.4. The van der Waals surface area contributed by atoms with Crippen LogP contribution in [0.5, 0.6) is 0 Å². The molecule has 0 radical (unpaired) electrons. The van der Waals surface area contributed by atoms with Gasteiger partial charge in [0.15, 0.2) is 0 Å². The zero-order valence-corrected chi connectivity index (χ0v) is 10.3. The van der Waals surface area contributed by atoms with Crippen LogP contribution in [0.4, 0.5) is 5.69 Å². The minimum atomic E-state index is -0.0875. The lowest BCUT2D eigenvalue weighted by Crippen LogP contribution is -2.13. The summed E-state index contributed by atoms with van der Waals surface area (Å²) in [7, 11) is 0. The highest BCUT2D eigenvalue weighted by Crippen LogP contribution is 2.24. The van der Waals surface area contributed by atoms with Crippen molar-refractivity contribution in [3.63, 3.8) is 0 Å². The maximum absolute atomic E-state index is 6.30. The molecule has 2 heteroatoms. The van der Waals surface area contributed by atoms with Gasteiger partial charge in [0.25, 0.3) is 0 Å². The molecule has 2 nitrogen and oxygen atoms in total. The summed E-state index contributed by atoms with van der Waals surface area (Å²) in [5.41, 5.74) is 17.5. The van der Waals surface area contributed by atoms with Crippen LogP contribution in [-0.4, -0.2) is 0 Å². The molecule has 1 atom stereocenters. The Labute approximate surface area is 102 Å². The first-order valence-electron chi connectivity index (χ1n) is 5.76. The normalized spacial score (nSPS) is 12.4. The molecule has 2 aromatic carbocycles. The summed E-state index contributed by atoms with van der Waals surface area (Å²) < 4.78 is 0. The summed E-state index contributed by atoms with van der Waals surface area (Å²) in [5.74, 6) is 0. The summed E-state index contributed by atoms with van der Waals surface area (Å²) in [6.07, 6.45) is 0. The number of benzene rings is 2. The highest BCUT2D eigenvalue weighted by Gasteiger charge is 2.11. The van der Waals surface area contributed by atoms with Crippen molar-refractivity contribution in [2.45, 2.75) is 19.9 Å². The maximum atomic E-state index is 6.30. The van der Waals surface area contributed by atoms with Crippen LogP contribution in [0.15, 0.2) is 42.5 Å².